The summed E-state index contributed by atoms with van der Waals surface area (Å²) in [4.78, 5) is 4.60. The summed E-state index contributed by atoms with van der Waals surface area (Å²) in [6.07, 6.45) is 2.37. The Morgan fingerprint density at radius 2 is 2.07 bits per heavy atom. The number of aromatic nitrogens is 2. The van der Waals surface area contributed by atoms with E-state index in [-0.39, 0.29) is 18.8 Å². The van der Waals surface area contributed by atoms with Gasteiger partial charge in [0, 0.05) is 29.7 Å². The van der Waals surface area contributed by atoms with E-state index >= 15 is 0 Å². The number of imidazole rings is 1. The van der Waals surface area contributed by atoms with Crippen LogP contribution in [0.2, 0.25) is 5.02 Å². The molecule has 6 heteroatoms. The van der Waals surface area contributed by atoms with Gasteiger partial charge in [-0.2, -0.15) is 0 Å². The molecule has 0 aliphatic heterocycles. The van der Waals surface area contributed by atoms with Crippen LogP contribution in [-0.4, -0.2) is 27.4 Å². The molecule has 144 valence electrons. The number of ether oxygens (including phenoxy) is 1. The van der Waals surface area contributed by atoms with Crippen LogP contribution in [0.3, 0.4) is 0 Å². The number of nitrogens with zero attached hydrogens (tertiary/aromatic N) is 2. The van der Waals surface area contributed by atoms with Crippen LogP contribution < -0.4 is 10.1 Å². The Morgan fingerprint density at radius 3 is 2.74 bits per heavy atom. The van der Waals surface area contributed by atoms with Crippen LogP contribution in [0, 0.1) is 0 Å². The topological polar surface area (TPSA) is 59.3 Å². The van der Waals surface area contributed by atoms with Crippen molar-refractivity contribution in [2.75, 3.05) is 11.9 Å². The molecule has 1 atom stereocenters. The second-order valence-electron chi connectivity index (χ2n) is 6.90. The molecule has 1 heterocycles. The monoisotopic (exact) mass is 387 g/mol. The summed E-state index contributed by atoms with van der Waals surface area (Å²) in [6, 6.07) is 12.0. The molecular weight excluding hydrogens is 362 g/mol. The van der Waals surface area contributed by atoms with Gasteiger partial charge in [-0.3, -0.25) is 0 Å². The Balaban J connectivity index is 1.96. The van der Waals surface area contributed by atoms with E-state index in [1.165, 1.54) is 0 Å². The van der Waals surface area contributed by atoms with E-state index in [0.717, 1.165) is 34.5 Å². The van der Waals surface area contributed by atoms with Crippen LogP contribution in [0.15, 0.2) is 42.7 Å². The summed E-state index contributed by atoms with van der Waals surface area (Å²) in [6.45, 7) is 6.86. The van der Waals surface area contributed by atoms with E-state index in [4.69, 9.17) is 16.3 Å². The lowest BCUT2D eigenvalue weighted by molar-refractivity contribution is 0.113. The first-order chi connectivity index (χ1) is 13.0. The van der Waals surface area contributed by atoms with Gasteiger partial charge in [0.2, 0.25) is 0 Å². The first kappa shape index (κ1) is 19.5. The van der Waals surface area contributed by atoms with Gasteiger partial charge >= 0.3 is 0 Å². The van der Waals surface area contributed by atoms with Crippen molar-refractivity contribution in [3.05, 3.63) is 53.3 Å². The molecule has 2 N–H and O–H groups in total. The van der Waals surface area contributed by atoms with Crippen molar-refractivity contribution < 1.29 is 9.84 Å². The molecule has 27 heavy (non-hydrogen) atoms. The molecule has 0 bridgehead atoms. The zero-order valence-corrected chi connectivity index (χ0v) is 16.7. The van der Waals surface area contributed by atoms with E-state index in [2.05, 4.69) is 28.7 Å². The minimum atomic E-state index is -0.223. The fraction of sp³-hybridized carbons (Fsp3) is 0.381. The van der Waals surface area contributed by atoms with Gasteiger partial charge in [0.25, 0.3) is 0 Å². The van der Waals surface area contributed by atoms with E-state index in [0.29, 0.717) is 11.6 Å². The third kappa shape index (κ3) is 4.54. The third-order valence-corrected chi connectivity index (χ3v) is 4.78. The molecule has 0 saturated heterocycles. The van der Waals surface area contributed by atoms with Gasteiger partial charge in [-0.25, -0.2) is 4.98 Å². The van der Waals surface area contributed by atoms with Crippen molar-refractivity contribution in [1.82, 2.24) is 9.55 Å². The van der Waals surface area contributed by atoms with Crippen molar-refractivity contribution >= 4 is 28.3 Å². The molecule has 0 aliphatic carbocycles. The van der Waals surface area contributed by atoms with Gasteiger partial charge in [0.1, 0.15) is 17.4 Å². The third-order valence-electron chi connectivity index (χ3n) is 4.54. The Morgan fingerprint density at radius 1 is 1.26 bits per heavy atom. The highest BCUT2D eigenvalue weighted by atomic mass is 35.5. The average molecular weight is 388 g/mol. The summed E-state index contributed by atoms with van der Waals surface area (Å²) >= 11 is 6.09. The van der Waals surface area contributed by atoms with Gasteiger partial charge < -0.3 is 19.7 Å². The second kappa shape index (κ2) is 8.63. The Bertz CT molecular complexity index is 904. The Labute approximate surface area is 164 Å². The summed E-state index contributed by atoms with van der Waals surface area (Å²) in [7, 11) is 0. The van der Waals surface area contributed by atoms with Crippen LogP contribution in [0.25, 0.3) is 11.0 Å². The number of halogens is 1. The zero-order chi connectivity index (χ0) is 19.4. The van der Waals surface area contributed by atoms with Crippen molar-refractivity contribution in [2.24, 2.45) is 0 Å². The summed E-state index contributed by atoms with van der Waals surface area (Å²) < 4.78 is 8.10. The van der Waals surface area contributed by atoms with Crippen molar-refractivity contribution in [3.8, 4) is 5.75 Å². The molecule has 3 aromatic rings. The molecule has 0 aliphatic rings. The quantitative estimate of drug-likeness (QED) is 0.569. The number of fused-ring (bicyclic) bond motifs is 1. The predicted octanol–water partition coefficient (Wildman–Crippen LogP) is 5.03. The minimum Gasteiger partial charge on any atom is -0.488 e. The molecule has 0 saturated carbocycles. The van der Waals surface area contributed by atoms with Gasteiger partial charge in [-0.1, -0.05) is 30.7 Å². The molecule has 1 aromatic heterocycles. The minimum absolute atomic E-state index is 0.0107. The Kier molecular flexibility index (Phi) is 6.24. The Hall–Kier alpha value is -2.24. The molecule has 2 aromatic carbocycles. The first-order valence-corrected chi connectivity index (χ1v) is 9.66. The molecule has 1 unspecified atom stereocenters. The molecule has 0 amide bonds. The number of aliphatic hydroxyl groups is 1. The second-order valence-corrected chi connectivity index (χ2v) is 7.33. The molecule has 0 spiro atoms. The summed E-state index contributed by atoms with van der Waals surface area (Å²) in [5.74, 6) is 0.722. The average Bonchev–Trinajstić information content (AvgIpc) is 3.08. The normalized spacial score (nSPS) is 12.5. The van der Waals surface area contributed by atoms with Crippen LogP contribution in [-0.2, 0) is 6.54 Å². The smallest absolute Gasteiger partial charge is 0.124 e. The standard InChI is InChI=1S/C21H26ClN3O2/c1-4-17(12-26)27-18-9-19(23-11-15-6-5-7-16(22)8-15)21-20(10-18)25(13-24-21)14(2)3/h5-10,13-14,17,23,26H,4,11-12H2,1-3H3. The van der Waals surface area contributed by atoms with Crippen LogP contribution in [0.5, 0.6) is 5.75 Å². The van der Waals surface area contributed by atoms with Gasteiger partial charge in [-0.05, 0) is 38.0 Å². The maximum absolute atomic E-state index is 9.48. The zero-order valence-electron chi connectivity index (χ0n) is 15.9. The lowest BCUT2D eigenvalue weighted by Crippen LogP contribution is -2.19. The van der Waals surface area contributed by atoms with Crippen LogP contribution >= 0.6 is 11.6 Å². The molecule has 0 fully saturated rings. The van der Waals surface area contributed by atoms with Crippen molar-refractivity contribution in [3.63, 3.8) is 0 Å². The fourth-order valence-electron chi connectivity index (χ4n) is 3.01. The molecule has 3 rings (SSSR count). The van der Waals surface area contributed by atoms with Crippen LogP contribution in [0.4, 0.5) is 5.69 Å². The lowest BCUT2D eigenvalue weighted by atomic mass is 10.2. The first-order valence-electron chi connectivity index (χ1n) is 9.28. The molecular formula is C21H26ClN3O2. The summed E-state index contributed by atoms with van der Waals surface area (Å²) in [5.41, 5.74) is 3.89. The number of benzene rings is 2. The number of aliphatic hydroxyl groups excluding tert-OH is 1. The largest absolute Gasteiger partial charge is 0.488 e. The maximum Gasteiger partial charge on any atom is 0.124 e. The fourth-order valence-corrected chi connectivity index (χ4v) is 3.22. The van der Waals surface area contributed by atoms with Crippen molar-refractivity contribution in [1.29, 1.82) is 0 Å². The number of nitrogens with one attached hydrogen (secondary N) is 1. The van der Waals surface area contributed by atoms with E-state index in [1.54, 1.807) is 0 Å². The van der Waals surface area contributed by atoms with E-state index < -0.39 is 0 Å². The molecule has 0 radical (unpaired) electrons. The van der Waals surface area contributed by atoms with Gasteiger partial charge in [0.15, 0.2) is 0 Å². The number of rotatable bonds is 8. The number of hydrogen-bond acceptors (Lipinski definition) is 4. The lowest BCUT2D eigenvalue weighted by Gasteiger charge is -2.17. The molecule has 5 nitrogen and oxygen atoms in total. The highest BCUT2D eigenvalue weighted by molar-refractivity contribution is 6.30. The van der Waals surface area contributed by atoms with E-state index in [1.807, 2.05) is 49.6 Å². The van der Waals surface area contributed by atoms with E-state index in [9.17, 15) is 5.11 Å². The summed E-state index contributed by atoms with van der Waals surface area (Å²) in [5, 5.41) is 13.7. The van der Waals surface area contributed by atoms with Crippen LogP contribution in [0.1, 0.15) is 38.8 Å². The maximum atomic E-state index is 9.48. The SMILES string of the molecule is CCC(CO)Oc1cc(NCc2cccc(Cl)c2)c2ncn(C(C)C)c2c1. The highest BCUT2D eigenvalue weighted by Crippen LogP contribution is 2.31. The van der Waals surface area contributed by atoms with Gasteiger partial charge in [-0.15, -0.1) is 0 Å². The predicted molar refractivity (Wildman–Crippen MR) is 111 cm³/mol. The number of anilines is 1. The van der Waals surface area contributed by atoms with Crippen molar-refractivity contribution in [2.45, 2.75) is 45.9 Å². The van der Waals surface area contributed by atoms with Gasteiger partial charge in [0.05, 0.1) is 24.1 Å². The number of hydrogen-bond donors (Lipinski definition) is 2. The highest BCUT2D eigenvalue weighted by Gasteiger charge is 2.14.